The molecular formula is C33H40N4O5. The third kappa shape index (κ3) is 12.0. The Labute approximate surface area is 247 Å². The van der Waals surface area contributed by atoms with Crippen molar-refractivity contribution < 1.29 is 24.6 Å². The molecule has 1 aromatic heterocycles. The first kappa shape index (κ1) is 32.2. The summed E-state index contributed by atoms with van der Waals surface area (Å²) in [5.74, 6) is -2.38. The number of nitrogens with zero attached hydrogens (tertiary/aromatic N) is 3. The number of rotatable bonds is 13. The molecule has 1 aliphatic rings. The zero-order valence-corrected chi connectivity index (χ0v) is 23.8. The lowest BCUT2D eigenvalue weighted by atomic mass is 9.96. The average Bonchev–Trinajstić information content (AvgIpc) is 3.02. The zero-order chi connectivity index (χ0) is 30.0. The van der Waals surface area contributed by atoms with Crippen molar-refractivity contribution in [3.8, 4) is 0 Å². The molecule has 0 bridgehead atoms. The molecule has 3 N–H and O–H groups in total. The number of aromatic nitrogens is 1. The number of hydrogen-bond donors (Lipinski definition) is 3. The van der Waals surface area contributed by atoms with Gasteiger partial charge in [0.1, 0.15) is 0 Å². The molecule has 0 unspecified atom stereocenters. The first-order valence-electron chi connectivity index (χ1n) is 14.3. The third-order valence-electron chi connectivity index (χ3n) is 6.96. The molecule has 2 aromatic carbocycles. The highest BCUT2D eigenvalue weighted by molar-refractivity contribution is 5.89. The molecule has 3 aromatic rings. The van der Waals surface area contributed by atoms with Crippen LogP contribution >= 0.6 is 0 Å². The van der Waals surface area contributed by atoms with Crippen molar-refractivity contribution in [1.29, 1.82) is 0 Å². The van der Waals surface area contributed by atoms with E-state index >= 15 is 0 Å². The van der Waals surface area contributed by atoms with E-state index < -0.39 is 11.9 Å². The molecule has 4 rings (SSSR count). The number of carbonyl (C=O) groups is 3. The lowest BCUT2D eigenvalue weighted by Gasteiger charge is -2.39. The maximum Gasteiger partial charge on any atom is 0.328 e. The topological polar surface area (TPSA) is 123 Å². The molecule has 0 aliphatic carbocycles. The molecule has 222 valence electrons. The van der Waals surface area contributed by atoms with Crippen molar-refractivity contribution in [2.75, 3.05) is 39.3 Å². The Balaban J connectivity index is 0.000000531. The number of piperazine rings is 1. The normalized spacial score (nSPS) is 13.8. The molecule has 0 atom stereocenters. The van der Waals surface area contributed by atoms with Gasteiger partial charge in [0.25, 0.3) is 0 Å². The summed E-state index contributed by atoms with van der Waals surface area (Å²) in [4.78, 5) is 40.5. The second-order valence-electron chi connectivity index (χ2n) is 10.0. The van der Waals surface area contributed by atoms with Crippen LogP contribution in [0.15, 0.2) is 97.3 Å². The highest BCUT2D eigenvalue weighted by Gasteiger charge is 2.26. The SMILES string of the molecule is O=C(CCc1cccnc1)NCCCCN1CCN(C(c2ccccc2)c2ccccc2)CC1.O=C(O)/C=C/C(=O)O. The Kier molecular flexibility index (Phi) is 13.9. The van der Waals surface area contributed by atoms with Gasteiger partial charge < -0.3 is 20.4 Å². The van der Waals surface area contributed by atoms with Gasteiger partial charge in [-0.3, -0.25) is 14.7 Å². The number of carbonyl (C=O) groups excluding carboxylic acids is 1. The van der Waals surface area contributed by atoms with E-state index in [-0.39, 0.29) is 5.91 Å². The van der Waals surface area contributed by atoms with E-state index in [1.807, 2.05) is 18.3 Å². The molecule has 1 fully saturated rings. The van der Waals surface area contributed by atoms with Crippen LogP contribution in [0.3, 0.4) is 0 Å². The van der Waals surface area contributed by atoms with Gasteiger partial charge in [-0.15, -0.1) is 0 Å². The fourth-order valence-corrected chi connectivity index (χ4v) is 4.85. The van der Waals surface area contributed by atoms with E-state index in [9.17, 15) is 14.4 Å². The molecule has 0 spiro atoms. The average molecular weight is 573 g/mol. The lowest BCUT2D eigenvalue weighted by Crippen LogP contribution is -2.48. The Morgan fingerprint density at radius 2 is 1.40 bits per heavy atom. The molecule has 0 saturated carbocycles. The number of hydrogen-bond acceptors (Lipinski definition) is 6. The van der Waals surface area contributed by atoms with E-state index in [1.165, 1.54) is 11.1 Å². The Morgan fingerprint density at radius 3 is 1.93 bits per heavy atom. The van der Waals surface area contributed by atoms with E-state index in [2.05, 4.69) is 80.8 Å². The quantitative estimate of drug-likeness (QED) is 0.207. The highest BCUT2D eigenvalue weighted by atomic mass is 16.4. The summed E-state index contributed by atoms with van der Waals surface area (Å²) in [7, 11) is 0. The van der Waals surface area contributed by atoms with Gasteiger partial charge in [0, 0.05) is 63.7 Å². The molecule has 42 heavy (non-hydrogen) atoms. The summed E-state index contributed by atoms with van der Waals surface area (Å²) >= 11 is 0. The predicted octanol–water partition coefficient (Wildman–Crippen LogP) is 4.03. The fraction of sp³-hybridized carbons (Fsp3) is 0.333. The summed E-state index contributed by atoms with van der Waals surface area (Å²) in [5, 5.41) is 18.7. The molecule has 0 radical (unpaired) electrons. The largest absolute Gasteiger partial charge is 0.478 e. The maximum atomic E-state index is 12.1. The van der Waals surface area contributed by atoms with Gasteiger partial charge in [-0.2, -0.15) is 0 Å². The van der Waals surface area contributed by atoms with E-state index in [0.717, 1.165) is 64.1 Å². The van der Waals surface area contributed by atoms with Gasteiger partial charge in [0.2, 0.25) is 5.91 Å². The minimum absolute atomic E-state index is 0.130. The molecule has 1 amide bonds. The standard InChI is InChI=1S/C29H36N4O.C4H4O4/c34-28(16-15-25-10-9-17-30-24-25)31-18-7-8-19-32-20-22-33(23-21-32)29(26-11-3-1-4-12-26)27-13-5-2-6-14-27;5-3(6)1-2-4(7)8/h1-6,9-14,17,24,29H,7-8,15-16,18-23H2,(H,31,34);1-2H,(H,5,6)(H,7,8)/b;2-1+. The Morgan fingerprint density at radius 1 is 0.810 bits per heavy atom. The second kappa shape index (κ2) is 18.2. The minimum atomic E-state index is -1.26. The third-order valence-corrected chi connectivity index (χ3v) is 6.96. The monoisotopic (exact) mass is 572 g/mol. The molecular weight excluding hydrogens is 532 g/mol. The van der Waals surface area contributed by atoms with Crippen molar-refractivity contribution in [2.45, 2.75) is 31.7 Å². The van der Waals surface area contributed by atoms with Crippen LogP contribution in [0.25, 0.3) is 0 Å². The zero-order valence-electron chi connectivity index (χ0n) is 23.8. The number of aliphatic carboxylic acids is 2. The number of amides is 1. The van der Waals surface area contributed by atoms with Crippen molar-refractivity contribution >= 4 is 17.8 Å². The van der Waals surface area contributed by atoms with Crippen LogP contribution in [-0.2, 0) is 20.8 Å². The van der Waals surface area contributed by atoms with Gasteiger partial charge >= 0.3 is 11.9 Å². The van der Waals surface area contributed by atoms with Crippen LogP contribution in [-0.4, -0.2) is 82.1 Å². The van der Waals surface area contributed by atoms with Crippen LogP contribution in [0.4, 0.5) is 0 Å². The molecule has 1 saturated heterocycles. The van der Waals surface area contributed by atoms with Crippen LogP contribution in [0, 0.1) is 0 Å². The summed E-state index contributed by atoms with van der Waals surface area (Å²) in [6.45, 7) is 6.18. The molecule has 9 nitrogen and oxygen atoms in total. The number of pyridine rings is 1. The van der Waals surface area contributed by atoms with Crippen molar-refractivity contribution in [3.63, 3.8) is 0 Å². The number of unbranched alkanes of at least 4 members (excludes halogenated alkanes) is 1. The van der Waals surface area contributed by atoms with Crippen molar-refractivity contribution in [2.24, 2.45) is 0 Å². The van der Waals surface area contributed by atoms with E-state index in [0.29, 0.717) is 24.6 Å². The number of carboxylic acids is 2. The molecule has 1 aliphatic heterocycles. The van der Waals surface area contributed by atoms with Crippen LogP contribution in [0.1, 0.15) is 42.0 Å². The Hall–Kier alpha value is -4.34. The number of nitrogens with one attached hydrogen (secondary N) is 1. The summed E-state index contributed by atoms with van der Waals surface area (Å²) in [5.41, 5.74) is 3.83. The smallest absolute Gasteiger partial charge is 0.328 e. The predicted molar refractivity (Wildman–Crippen MR) is 162 cm³/mol. The maximum absolute atomic E-state index is 12.1. The van der Waals surface area contributed by atoms with Gasteiger partial charge in [0.05, 0.1) is 6.04 Å². The van der Waals surface area contributed by atoms with Crippen LogP contribution in [0.2, 0.25) is 0 Å². The summed E-state index contributed by atoms with van der Waals surface area (Å²) in [6.07, 6.45) is 8.11. The van der Waals surface area contributed by atoms with Gasteiger partial charge in [0.15, 0.2) is 0 Å². The van der Waals surface area contributed by atoms with E-state index in [4.69, 9.17) is 10.2 Å². The van der Waals surface area contributed by atoms with Gasteiger partial charge in [-0.05, 0) is 48.6 Å². The summed E-state index contributed by atoms with van der Waals surface area (Å²) in [6, 6.07) is 26.0. The second-order valence-corrected chi connectivity index (χ2v) is 10.0. The fourth-order valence-electron chi connectivity index (χ4n) is 4.85. The highest BCUT2D eigenvalue weighted by Crippen LogP contribution is 2.29. The molecule has 2 heterocycles. The number of benzene rings is 2. The van der Waals surface area contributed by atoms with Crippen molar-refractivity contribution in [1.82, 2.24) is 20.1 Å². The first-order chi connectivity index (χ1) is 20.4. The lowest BCUT2D eigenvalue weighted by molar-refractivity contribution is -0.134. The van der Waals surface area contributed by atoms with Crippen LogP contribution in [0.5, 0.6) is 0 Å². The van der Waals surface area contributed by atoms with Crippen molar-refractivity contribution in [3.05, 3.63) is 114 Å². The van der Waals surface area contributed by atoms with Gasteiger partial charge in [-0.1, -0.05) is 66.7 Å². The minimum Gasteiger partial charge on any atom is -0.478 e. The first-order valence-corrected chi connectivity index (χ1v) is 14.3. The molecule has 9 heteroatoms. The number of aryl methyl sites for hydroxylation is 1. The van der Waals surface area contributed by atoms with E-state index in [1.54, 1.807) is 6.20 Å². The Bertz CT molecular complexity index is 1190. The summed E-state index contributed by atoms with van der Waals surface area (Å²) < 4.78 is 0. The number of carboxylic acid groups (broad SMARTS) is 2. The van der Waals surface area contributed by atoms with Gasteiger partial charge in [-0.25, -0.2) is 9.59 Å². The van der Waals surface area contributed by atoms with Crippen LogP contribution < -0.4 is 5.32 Å².